The minimum Gasteiger partial charge on any atom is -0.507 e. The Hall–Kier alpha value is -4.08. The molecular weight excluding hydrogens is 551 g/mol. The molecule has 208 valence electrons. The highest BCUT2D eigenvalue weighted by atomic mass is 35.5. The Morgan fingerprint density at radius 1 is 0.951 bits per heavy atom. The van der Waals surface area contributed by atoms with Crippen LogP contribution in [-0.4, -0.2) is 39.0 Å². The Bertz CT molecular complexity index is 1760. The van der Waals surface area contributed by atoms with Crippen molar-refractivity contribution < 1.29 is 33.9 Å². The van der Waals surface area contributed by atoms with Gasteiger partial charge in [-0.3, -0.25) is 24.4 Å². The summed E-state index contributed by atoms with van der Waals surface area (Å²) in [6.07, 6.45) is 2.18. The lowest BCUT2D eigenvalue weighted by Gasteiger charge is -2.49. The number of hydrogen-bond donors (Lipinski definition) is 2. The molecule has 0 aromatic heterocycles. The Balaban J connectivity index is 1.47. The molecule has 2 heterocycles. The second-order valence-corrected chi connectivity index (χ2v) is 11.9. The van der Waals surface area contributed by atoms with E-state index in [-0.39, 0.29) is 34.4 Å². The predicted octanol–water partition coefficient (Wildman–Crippen LogP) is 4.96. The van der Waals surface area contributed by atoms with Crippen molar-refractivity contribution in [2.75, 3.05) is 4.90 Å². The van der Waals surface area contributed by atoms with Gasteiger partial charge in [-0.1, -0.05) is 53.6 Å². The van der Waals surface area contributed by atoms with Gasteiger partial charge in [-0.15, -0.1) is 0 Å². The van der Waals surface area contributed by atoms with Crippen LogP contribution in [0.2, 0.25) is 5.02 Å². The number of imide groups is 2. The summed E-state index contributed by atoms with van der Waals surface area (Å²) in [5, 5.41) is 22.0. The number of phenols is 1. The molecule has 1 saturated carbocycles. The van der Waals surface area contributed by atoms with Crippen molar-refractivity contribution in [3.63, 3.8) is 0 Å². The maximum absolute atomic E-state index is 14.4. The summed E-state index contributed by atoms with van der Waals surface area (Å²) >= 11 is 6.03. The van der Waals surface area contributed by atoms with Gasteiger partial charge in [0.15, 0.2) is 0 Å². The molecule has 7 rings (SSSR count). The normalized spacial score (nSPS) is 30.9. The summed E-state index contributed by atoms with van der Waals surface area (Å²) in [6, 6.07) is 14.1. The number of allylic oxidation sites excluding steroid dienone is 2. The molecule has 2 N–H and O–H groups in total. The van der Waals surface area contributed by atoms with E-state index >= 15 is 0 Å². The molecule has 2 aliphatic heterocycles. The van der Waals surface area contributed by atoms with Crippen molar-refractivity contribution >= 4 is 51.7 Å². The van der Waals surface area contributed by atoms with Crippen molar-refractivity contribution in [1.29, 1.82) is 0 Å². The molecule has 4 aliphatic rings. The molecule has 3 aromatic rings. The topological polar surface area (TPSA) is 115 Å². The van der Waals surface area contributed by atoms with Crippen molar-refractivity contribution in [2.24, 2.45) is 29.1 Å². The van der Waals surface area contributed by atoms with Crippen molar-refractivity contribution in [1.82, 2.24) is 5.06 Å². The van der Waals surface area contributed by atoms with Gasteiger partial charge in [-0.25, -0.2) is 9.29 Å². The van der Waals surface area contributed by atoms with Gasteiger partial charge in [-0.2, -0.15) is 5.06 Å². The van der Waals surface area contributed by atoms with Gasteiger partial charge in [0, 0.05) is 11.3 Å². The lowest BCUT2D eigenvalue weighted by Crippen LogP contribution is -2.48. The summed E-state index contributed by atoms with van der Waals surface area (Å²) in [6.45, 7) is 1.73. The highest BCUT2D eigenvalue weighted by Crippen LogP contribution is 2.64. The number of carbonyl (C=O) groups is 4. The first-order chi connectivity index (χ1) is 19.6. The summed E-state index contributed by atoms with van der Waals surface area (Å²) in [7, 11) is 0. The Morgan fingerprint density at radius 3 is 2.41 bits per heavy atom. The molecule has 6 atom stereocenters. The SMILES string of the molecule is CC12C(=O)N(c3ccc(F)c(Cl)c3)C(=O)C1CC1C(=CCC3C(=O)N(O)C(=O)C31)C2c1ccc(O)c2ccccc12. The maximum atomic E-state index is 14.4. The van der Waals surface area contributed by atoms with Gasteiger partial charge in [-0.05, 0) is 60.9 Å². The third kappa shape index (κ3) is 3.30. The van der Waals surface area contributed by atoms with Crippen LogP contribution in [0.4, 0.5) is 10.1 Å². The average Bonchev–Trinajstić information content (AvgIpc) is 3.30. The molecule has 0 radical (unpaired) electrons. The quantitative estimate of drug-likeness (QED) is 0.254. The minimum atomic E-state index is -1.32. The van der Waals surface area contributed by atoms with Gasteiger partial charge < -0.3 is 5.11 Å². The third-order valence-corrected chi connectivity index (χ3v) is 9.95. The number of anilines is 1. The van der Waals surface area contributed by atoms with E-state index in [2.05, 4.69) is 0 Å². The number of benzene rings is 3. The van der Waals surface area contributed by atoms with Crippen LogP contribution < -0.4 is 4.90 Å². The fourth-order valence-electron chi connectivity index (χ4n) is 7.77. The number of amides is 4. The van der Waals surface area contributed by atoms with Crippen molar-refractivity contribution in [2.45, 2.75) is 25.7 Å². The number of hydroxylamine groups is 2. The third-order valence-electron chi connectivity index (χ3n) is 9.66. The number of phenolic OH excluding ortho intramolecular Hbond substituents is 1. The van der Waals surface area contributed by atoms with Crippen LogP contribution in [-0.2, 0) is 19.2 Å². The lowest BCUT2D eigenvalue weighted by molar-refractivity contribution is -0.173. The first-order valence-corrected chi connectivity index (χ1v) is 13.7. The highest BCUT2D eigenvalue weighted by molar-refractivity contribution is 6.31. The average molecular weight is 575 g/mol. The van der Waals surface area contributed by atoms with E-state index in [1.54, 1.807) is 31.2 Å². The van der Waals surface area contributed by atoms with Crippen LogP contribution >= 0.6 is 11.6 Å². The number of carbonyl (C=O) groups excluding carboxylic acids is 4. The molecule has 3 aromatic carbocycles. The Morgan fingerprint density at radius 2 is 1.68 bits per heavy atom. The summed E-state index contributed by atoms with van der Waals surface area (Å²) in [4.78, 5) is 55.5. The number of fused-ring (bicyclic) bond motifs is 5. The van der Waals surface area contributed by atoms with Crippen LogP contribution in [0.15, 0.2) is 66.2 Å². The Kier molecular flexibility index (Phi) is 5.49. The Labute approximate surface area is 238 Å². The molecule has 3 fully saturated rings. The summed E-state index contributed by atoms with van der Waals surface area (Å²) in [5.74, 6) is -6.85. The molecular formula is C31H24ClFN2O6. The largest absolute Gasteiger partial charge is 0.507 e. The number of halogens is 2. The summed E-state index contributed by atoms with van der Waals surface area (Å²) in [5.41, 5.74) is 0.257. The van der Waals surface area contributed by atoms with Crippen LogP contribution in [0.5, 0.6) is 5.75 Å². The van der Waals surface area contributed by atoms with Gasteiger partial charge in [0.1, 0.15) is 11.6 Å². The first kappa shape index (κ1) is 25.9. The fraction of sp³-hybridized carbons (Fsp3) is 0.290. The van der Waals surface area contributed by atoms with E-state index in [9.17, 15) is 33.9 Å². The second kappa shape index (κ2) is 8.71. The van der Waals surface area contributed by atoms with Crippen molar-refractivity contribution in [3.8, 4) is 5.75 Å². The second-order valence-electron chi connectivity index (χ2n) is 11.5. The molecule has 0 spiro atoms. The fourth-order valence-corrected chi connectivity index (χ4v) is 7.95. The lowest BCUT2D eigenvalue weighted by atomic mass is 9.51. The van der Waals surface area contributed by atoms with Gasteiger partial charge in [0.2, 0.25) is 11.8 Å². The maximum Gasteiger partial charge on any atom is 0.257 e. The zero-order valence-corrected chi connectivity index (χ0v) is 22.5. The molecule has 4 amide bonds. The van der Waals surface area contributed by atoms with E-state index in [0.29, 0.717) is 16.3 Å². The van der Waals surface area contributed by atoms with Gasteiger partial charge in [0.05, 0.1) is 33.9 Å². The molecule has 2 saturated heterocycles. The molecule has 6 unspecified atom stereocenters. The number of rotatable bonds is 2. The van der Waals surface area contributed by atoms with Gasteiger partial charge >= 0.3 is 0 Å². The van der Waals surface area contributed by atoms with Crippen LogP contribution in [0, 0.1) is 34.9 Å². The van der Waals surface area contributed by atoms with Crippen LogP contribution in [0.3, 0.4) is 0 Å². The van der Waals surface area contributed by atoms with E-state index in [4.69, 9.17) is 11.6 Å². The van der Waals surface area contributed by atoms with E-state index < -0.39 is 64.5 Å². The number of aromatic hydroxyl groups is 1. The van der Waals surface area contributed by atoms with Crippen molar-refractivity contribution in [3.05, 3.63) is 82.6 Å². The zero-order chi connectivity index (χ0) is 29.0. The molecule has 0 bridgehead atoms. The monoisotopic (exact) mass is 574 g/mol. The first-order valence-electron chi connectivity index (χ1n) is 13.4. The smallest absolute Gasteiger partial charge is 0.257 e. The zero-order valence-electron chi connectivity index (χ0n) is 21.8. The standard InChI is InChI=1S/C31H24ClFN2O6/c1-31-21(28(38)34(30(31)40)14-6-10-23(33)22(32)12-14)13-20-18(7-8-19-25(20)29(39)35(41)27(19)37)26(31)17-9-11-24(36)16-5-3-2-4-15(16)17/h2-7,9-12,19-21,25-26,36,41H,8,13H2,1H3. The summed E-state index contributed by atoms with van der Waals surface area (Å²) < 4.78 is 14.0. The van der Waals surface area contributed by atoms with Crippen LogP contribution in [0.1, 0.15) is 31.2 Å². The van der Waals surface area contributed by atoms with Crippen LogP contribution in [0.25, 0.3) is 10.8 Å². The van der Waals surface area contributed by atoms with Gasteiger partial charge in [0.25, 0.3) is 11.8 Å². The highest BCUT2D eigenvalue weighted by Gasteiger charge is 2.67. The van der Waals surface area contributed by atoms with E-state index in [1.165, 1.54) is 12.1 Å². The number of hydrogen-bond acceptors (Lipinski definition) is 6. The van der Waals surface area contributed by atoms with E-state index in [0.717, 1.165) is 16.5 Å². The molecule has 10 heteroatoms. The minimum absolute atomic E-state index is 0.0556. The van der Waals surface area contributed by atoms with E-state index in [1.807, 2.05) is 18.2 Å². The molecule has 41 heavy (non-hydrogen) atoms. The number of nitrogens with zero attached hydrogens (tertiary/aromatic N) is 2. The molecule has 2 aliphatic carbocycles. The molecule has 8 nitrogen and oxygen atoms in total. The predicted molar refractivity (Wildman–Crippen MR) is 145 cm³/mol.